The predicted molar refractivity (Wildman–Crippen MR) is 70.1 cm³/mol. The summed E-state index contributed by atoms with van der Waals surface area (Å²) in [5.41, 5.74) is 3.38. The standard InChI is InChI=1S/C13H15NO3S/c1-9(15)12-4-3-11(16-2)5-13(12)17-6-10-7-18-8-14-10/h3-5,7-9,15H,6H2,1-2H3. The summed E-state index contributed by atoms with van der Waals surface area (Å²) in [7, 11) is 1.60. The molecule has 0 amide bonds. The van der Waals surface area contributed by atoms with Crippen LogP contribution < -0.4 is 9.47 Å². The lowest BCUT2D eigenvalue weighted by Gasteiger charge is -2.14. The van der Waals surface area contributed by atoms with E-state index in [2.05, 4.69) is 4.98 Å². The molecule has 5 heteroatoms. The van der Waals surface area contributed by atoms with Crippen molar-refractivity contribution in [3.8, 4) is 11.5 Å². The van der Waals surface area contributed by atoms with Crippen LogP contribution >= 0.6 is 11.3 Å². The normalized spacial score (nSPS) is 12.2. The van der Waals surface area contributed by atoms with Crippen molar-refractivity contribution in [1.82, 2.24) is 4.98 Å². The van der Waals surface area contributed by atoms with Crippen molar-refractivity contribution in [3.63, 3.8) is 0 Å². The van der Waals surface area contributed by atoms with Crippen molar-refractivity contribution >= 4 is 11.3 Å². The van der Waals surface area contributed by atoms with Crippen LogP contribution in [0.4, 0.5) is 0 Å². The molecule has 2 rings (SSSR count). The van der Waals surface area contributed by atoms with E-state index in [4.69, 9.17) is 9.47 Å². The Balaban J connectivity index is 2.18. The quantitative estimate of drug-likeness (QED) is 0.903. The first-order chi connectivity index (χ1) is 8.70. The zero-order valence-corrected chi connectivity index (χ0v) is 11.1. The number of methoxy groups -OCH3 is 1. The smallest absolute Gasteiger partial charge is 0.131 e. The maximum atomic E-state index is 9.69. The van der Waals surface area contributed by atoms with E-state index in [1.807, 2.05) is 5.38 Å². The summed E-state index contributed by atoms with van der Waals surface area (Å²) in [6, 6.07) is 5.38. The van der Waals surface area contributed by atoms with Gasteiger partial charge in [-0.1, -0.05) is 0 Å². The zero-order valence-electron chi connectivity index (χ0n) is 10.3. The van der Waals surface area contributed by atoms with Crippen LogP contribution in [-0.2, 0) is 6.61 Å². The first-order valence-electron chi connectivity index (χ1n) is 5.56. The van der Waals surface area contributed by atoms with Gasteiger partial charge in [-0.2, -0.15) is 0 Å². The minimum absolute atomic E-state index is 0.385. The summed E-state index contributed by atoms with van der Waals surface area (Å²) < 4.78 is 10.8. The molecule has 0 fully saturated rings. The van der Waals surface area contributed by atoms with Crippen molar-refractivity contribution < 1.29 is 14.6 Å². The first-order valence-corrected chi connectivity index (χ1v) is 6.51. The molecule has 0 saturated heterocycles. The fourth-order valence-corrected chi connectivity index (χ4v) is 2.12. The lowest BCUT2D eigenvalue weighted by molar-refractivity contribution is 0.189. The first kappa shape index (κ1) is 12.9. The Morgan fingerprint density at radius 1 is 1.44 bits per heavy atom. The van der Waals surface area contributed by atoms with Gasteiger partial charge >= 0.3 is 0 Å². The maximum absolute atomic E-state index is 9.69. The number of hydrogen-bond acceptors (Lipinski definition) is 5. The Bertz CT molecular complexity index is 497. The predicted octanol–water partition coefficient (Wildman–Crippen LogP) is 2.78. The molecule has 96 valence electrons. The Labute approximate surface area is 110 Å². The van der Waals surface area contributed by atoms with Gasteiger partial charge in [-0.3, -0.25) is 0 Å². The molecule has 1 aromatic heterocycles. The lowest BCUT2D eigenvalue weighted by atomic mass is 10.1. The molecule has 1 unspecified atom stereocenters. The number of aromatic nitrogens is 1. The second kappa shape index (κ2) is 5.84. The van der Waals surface area contributed by atoms with Crippen molar-refractivity contribution in [3.05, 3.63) is 40.3 Å². The van der Waals surface area contributed by atoms with E-state index in [9.17, 15) is 5.11 Å². The van der Waals surface area contributed by atoms with E-state index < -0.39 is 6.10 Å². The minimum atomic E-state index is -0.582. The number of thiazole rings is 1. The molecule has 2 aromatic rings. The second-order valence-electron chi connectivity index (χ2n) is 3.85. The van der Waals surface area contributed by atoms with Crippen LogP contribution in [0.1, 0.15) is 24.3 Å². The average molecular weight is 265 g/mol. The molecule has 18 heavy (non-hydrogen) atoms. The van der Waals surface area contributed by atoms with E-state index >= 15 is 0 Å². The van der Waals surface area contributed by atoms with E-state index in [0.717, 1.165) is 11.3 Å². The molecule has 0 aliphatic heterocycles. The summed E-state index contributed by atoms with van der Waals surface area (Å²) in [5, 5.41) is 11.6. The zero-order chi connectivity index (χ0) is 13.0. The van der Waals surface area contributed by atoms with Gasteiger partial charge in [0.2, 0.25) is 0 Å². The van der Waals surface area contributed by atoms with Gasteiger partial charge in [-0.05, 0) is 19.1 Å². The third kappa shape index (κ3) is 3.00. The number of rotatable bonds is 5. The fraction of sp³-hybridized carbons (Fsp3) is 0.308. The van der Waals surface area contributed by atoms with Gasteiger partial charge in [0.05, 0.1) is 24.4 Å². The molecular formula is C13H15NO3S. The van der Waals surface area contributed by atoms with Crippen LogP contribution in [0, 0.1) is 0 Å². The number of aliphatic hydroxyl groups is 1. The fourth-order valence-electron chi connectivity index (χ4n) is 1.57. The largest absolute Gasteiger partial charge is 0.497 e. The van der Waals surface area contributed by atoms with E-state index in [1.54, 1.807) is 37.7 Å². The highest BCUT2D eigenvalue weighted by molar-refractivity contribution is 7.07. The van der Waals surface area contributed by atoms with Gasteiger partial charge in [0.1, 0.15) is 18.1 Å². The number of aliphatic hydroxyl groups excluding tert-OH is 1. The lowest BCUT2D eigenvalue weighted by Crippen LogP contribution is -2.01. The maximum Gasteiger partial charge on any atom is 0.131 e. The molecule has 1 atom stereocenters. The molecule has 0 aliphatic carbocycles. The molecule has 1 heterocycles. The molecular weight excluding hydrogens is 250 g/mol. The molecule has 1 N–H and O–H groups in total. The van der Waals surface area contributed by atoms with Crippen LogP contribution in [0.25, 0.3) is 0 Å². The van der Waals surface area contributed by atoms with Crippen LogP contribution in [0.2, 0.25) is 0 Å². The van der Waals surface area contributed by atoms with Gasteiger partial charge in [0, 0.05) is 17.0 Å². The third-order valence-electron chi connectivity index (χ3n) is 2.53. The second-order valence-corrected chi connectivity index (χ2v) is 4.57. The summed E-state index contributed by atoms with van der Waals surface area (Å²) in [6.07, 6.45) is -0.582. The molecule has 0 spiro atoms. The van der Waals surface area contributed by atoms with Crippen LogP contribution in [0.3, 0.4) is 0 Å². The Kier molecular flexibility index (Phi) is 4.17. The summed E-state index contributed by atoms with van der Waals surface area (Å²) in [5.74, 6) is 1.32. The van der Waals surface area contributed by atoms with Gasteiger partial charge in [-0.25, -0.2) is 4.98 Å². The number of nitrogens with zero attached hydrogens (tertiary/aromatic N) is 1. The van der Waals surface area contributed by atoms with Crippen LogP contribution in [0.15, 0.2) is 29.1 Å². The van der Waals surface area contributed by atoms with Gasteiger partial charge in [-0.15, -0.1) is 11.3 Å². The summed E-state index contributed by atoms with van der Waals surface area (Å²) >= 11 is 1.53. The summed E-state index contributed by atoms with van der Waals surface area (Å²) in [6.45, 7) is 2.09. The highest BCUT2D eigenvalue weighted by Crippen LogP contribution is 2.30. The van der Waals surface area contributed by atoms with Crippen LogP contribution in [-0.4, -0.2) is 17.2 Å². The van der Waals surface area contributed by atoms with E-state index in [1.165, 1.54) is 11.3 Å². The van der Waals surface area contributed by atoms with Crippen LogP contribution in [0.5, 0.6) is 11.5 Å². The Hall–Kier alpha value is -1.59. The van der Waals surface area contributed by atoms with E-state index in [-0.39, 0.29) is 0 Å². The topological polar surface area (TPSA) is 51.6 Å². The van der Waals surface area contributed by atoms with Crippen molar-refractivity contribution in [2.24, 2.45) is 0 Å². The number of ether oxygens (including phenoxy) is 2. The highest BCUT2D eigenvalue weighted by atomic mass is 32.1. The Morgan fingerprint density at radius 3 is 2.89 bits per heavy atom. The average Bonchev–Trinajstić information content (AvgIpc) is 2.88. The highest BCUT2D eigenvalue weighted by Gasteiger charge is 2.11. The molecule has 0 saturated carbocycles. The molecule has 0 radical (unpaired) electrons. The van der Waals surface area contributed by atoms with Crippen molar-refractivity contribution in [2.75, 3.05) is 7.11 Å². The SMILES string of the molecule is COc1ccc(C(C)O)c(OCc2cscn2)c1. The minimum Gasteiger partial charge on any atom is -0.497 e. The van der Waals surface area contributed by atoms with Gasteiger partial charge in [0.25, 0.3) is 0 Å². The molecule has 4 nitrogen and oxygen atoms in total. The third-order valence-corrected chi connectivity index (χ3v) is 3.17. The molecule has 0 aliphatic rings. The number of benzene rings is 1. The Morgan fingerprint density at radius 2 is 2.28 bits per heavy atom. The molecule has 1 aromatic carbocycles. The van der Waals surface area contributed by atoms with Crippen molar-refractivity contribution in [1.29, 1.82) is 0 Å². The van der Waals surface area contributed by atoms with Gasteiger partial charge < -0.3 is 14.6 Å². The number of hydrogen-bond donors (Lipinski definition) is 1. The monoisotopic (exact) mass is 265 g/mol. The van der Waals surface area contributed by atoms with E-state index in [0.29, 0.717) is 18.1 Å². The summed E-state index contributed by atoms with van der Waals surface area (Å²) in [4.78, 5) is 4.15. The van der Waals surface area contributed by atoms with Gasteiger partial charge in [0.15, 0.2) is 0 Å². The van der Waals surface area contributed by atoms with Crippen molar-refractivity contribution in [2.45, 2.75) is 19.6 Å². The molecule has 0 bridgehead atoms.